The maximum Gasteiger partial charge on any atom is 0.265 e. The molecule has 1 aliphatic rings. The van der Waals surface area contributed by atoms with E-state index >= 15 is 0 Å². The summed E-state index contributed by atoms with van der Waals surface area (Å²) in [5.74, 6) is -0.166. The van der Waals surface area contributed by atoms with Crippen LogP contribution in [0, 0.1) is 0 Å². The third-order valence-corrected chi connectivity index (χ3v) is 3.58. The lowest BCUT2D eigenvalue weighted by molar-refractivity contribution is 0.0955. The Kier molecular flexibility index (Phi) is 2.23. The van der Waals surface area contributed by atoms with Gasteiger partial charge in [-0.05, 0) is 36.4 Å². The predicted molar refractivity (Wildman–Crippen MR) is 71.7 cm³/mol. The van der Waals surface area contributed by atoms with E-state index in [-0.39, 0.29) is 11.5 Å². The molecule has 1 aliphatic heterocycles. The van der Waals surface area contributed by atoms with E-state index < -0.39 is 0 Å². The molecule has 1 aromatic carbocycles. The molecular formula is C15H13NO2. The van der Waals surface area contributed by atoms with E-state index in [1.807, 2.05) is 38.1 Å². The number of benzene rings is 1. The minimum Gasteiger partial charge on any atom is -0.269 e. The molecule has 0 saturated carbocycles. The largest absolute Gasteiger partial charge is 0.269 e. The molecule has 3 rings (SSSR count). The van der Waals surface area contributed by atoms with E-state index in [0.29, 0.717) is 11.8 Å². The molecule has 1 aromatic heterocycles. The number of hydrogen-bond acceptors (Lipinski definition) is 2. The van der Waals surface area contributed by atoms with Crippen LogP contribution in [0.3, 0.4) is 0 Å². The number of rotatable bonds is 1. The predicted octanol–water partition coefficient (Wildman–Crippen LogP) is 2.84. The summed E-state index contributed by atoms with van der Waals surface area (Å²) in [5, 5.41) is 1.48. The van der Waals surface area contributed by atoms with Crippen molar-refractivity contribution in [1.82, 2.24) is 4.57 Å². The number of allylic oxidation sites excluding steroid dienone is 2. The maximum atomic E-state index is 12.4. The molecule has 0 unspecified atom stereocenters. The lowest BCUT2D eigenvalue weighted by Gasteiger charge is -2.05. The normalized spacial score (nSPS) is 14.4. The number of carbonyl (C=O) groups excluding carboxylic acids is 1. The van der Waals surface area contributed by atoms with Gasteiger partial charge in [0.25, 0.3) is 11.5 Å². The Bertz CT molecular complexity index is 766. The molecule has 2 heterocycles. The van der Waals surface area contributed by atoms with Crippen LogP contribution in [0.2, 0.25) is 0 Å². The van der Waals surface area contributed by atoms with Crippen molar-refractivity contribution >= 4 is 22.3 Å². The average molecular weight is 239 g/mol. The van der Waals surface area contributed by atoms with Gasteiger partial charge >= 0.3 is 0 Å². The van der Waals surface area contributed by atoms with Crippen molar-refractivity contribution in [3.05, 3.63) is 52.0 Å². The highest BCUT2D eigenvalue weighted by Gasteiger charge is 2.27. The van der Waals surface area contributed by atoms with Gasteiger partial charge in [-0.15, -0.1) is 0 Å². The quantitative estimate of drug-likeness (QED) is 0.767. The lowest BCUT2D eigenvalue weighted by Crippen LogP contribution is -2.26. The molecule has 2 aromatic rings. The van der Waals surface area contributed by atoms with Crippen LogP contribution >= 0.6 is 0 Å². The zero-order chi connectivity index (χ0) is 12.9. The van der Waals surface area contributed by atoms with E-state index in [1.165, 1.54) is 4.57 Å². The fraction of sp³-hybridized carbons (Fsp3) is 0.200. The van der Waals surface area contributed by atoms with Gasteiger partial charge in [0.2, 0.25) is 0 Å². The van der Waals surface area contributed by atoms with Crippen LogP contribution in [0.25, 0.3) is 16.3 Å². The van der Waals surface area contributed by atoms with Crippen LogP contribution in [0.15, 0.2) is 40.7 Å². The van der Waals surface area contributed by atoms with Crippen LogP contribution in [0.1, 0.15) is 30.8 Å². The summed E-state index contributed by atoms with van der Waals surface area (Å²) in [6.45, 7) is 3.84. The van der Waals surface area contributed by atoms with Gasteiger partial charge in [0.05, 0.1) is 5.69 Å². The highest BCUT2D eigenvalue weighted by Crippen LogP contribution is 2.29. The first-order valence-corrected chi connectivity index (χ1v) is 6.04. The van der Waals surface area contributed by atoms with Gasteiger partial charge < -0.3 is 0 Å². The number of hydrogen-bond donors (Lipinski definition) is 0. The summed E-state index contributed by atoms with van der Waals surface area (Å²) in [5.41, 5.74) is 2.18. The number of pyridine rings is 1. The first kappa shape index (κ1) is 11.0. The van der Waals surface area contributed by atoms with E-state index in [0.717, 1.165) is 22.2 Å². The van der Waals surface area contributed by atoms with E-state index in [1.54, 1.807) is 6.07 Å². The Labute approximate surface area is 104 Å². The Hall–Kier alpha value is -2.16. The second-order valence-corrected chi connectivity index (χ2v) is 4.52. The first-order chi connectivity index (χ1) is 8.65. The van der Waals surface area contributed by atoms with Crippen molar-refractivity contribution in [3.8, 4) is 0 Å². The fourth-order valence-electron chi connectivity index (χ4n) is 2.60. The Morgan fingerprint density at radius 1 is 1.17 bits per heavy atom. The molecule has 0 saturated heterocycles. The van der Waals surface area contributed by atoms with Crippen molar-refractivity contribution in [1.29, 1.82) is 0 Å². The van der Waals surface area contributed by atoms with Crippen molar-refractivity contribution in [2.75, 3.05) is 0 Å². The van der Waals surface area contributed by atoms with Crippen molar-refractivity contribution in [3.63, 3.8) is 0 Å². The van der Waals surface area contributed by atoms with Gasteiger partial charge in [-0.25, -0.2) is 4.57 Å². The second kappa shape index (κ2) is 3.67. The van der Waals surface area contributed by atoms with Gasteiger partial charge in [-0.2, -0.15) is 0 Å². The second-order valence-electron chi connectivity index (χ2n) is 4.52. The van der Waals surface area contributed by atoms with Gasteiger partial charge in [-0.3, -0.25) is 9.59 Å². The molecule has 18 heavy (non-hydrogen) atoms. The Morgan fingerprint density at radius 2 is 1.89 bits per heavy atom. The van der Waals surface area contributed by atoms with Crippen LogP contribution in [0.4, 0.5) is 0 Å². The molecule has 0 N–H and O–H groups in total. The Morgan fingerprint density at radius 3 is 2.61 bits per heavy atom. The fourth-order valence-corrected chi connectivity index (χ4v) is 2.60. The Balaban J connectivity index is 2.46. The summed E-state index contributed by atoms with van der Waals surface area (Å²) in [7, 11) is 0. The number of fused-ring (bicyclic) bond motifs is 2. The standard InChI is InChI=1S/C15H13NO2/c1-3-11-9(2)13-8-10-6-4-5-7-12(10)15(18)16(13)14(11)17/h4-8H,3H2,1-2H3. The summed E-state index contributed by atoms with van der Waals surface area (Å²) in [4.78, 5) is 24.6. The highest BCUT2D eigenvalue weighted by atomic mass is 16.2. The zero-order valence-electron chi connectivity index (χ0n) is 10.4. The highest BCUT2D eigenvalue weighted by molar-refractivity contribution is 6.09. The van der Waals surface area contributed by atoms with Gasteiger partial charge in [0, 0.05) is 11.0 Å². The van der Waals surface area contributed by atoms with Gasteiger partial charge in [0.1, 0.15) is 0 Å². The van der Waals surface area contributed by atoms with Crippen LogP contribution in [-0.2, 0) is 0 Å². The smallest absolute Gasteiger partial charge is 0.265 e. The molecule has 3 heteroatoms. The summed E-state index contributed by atoms with van der Waals surface area (Å²) in [6, 6.07) is 9.30. The van der Waals surface area contributed by atoms with Gasteiger partial charge in [0.15, 0.2) is 0 Å². The maximum absolute atomic E-state index is 12.4. The number of carbonyl (C=O) groups is 1. The third kappa shape index (κ3) is 1.24. The summed E-state index contributed by atoms with van der Waals surface area (Å²) in [6.07, 6.45) is 0.655. The molecule has 0 spiro atoms. The van der Waals surface area contributed by atoms with Crippen molar-refractivity contribution in [2.24, 2.45) is 0 Å². The average Bonchev–Trinajstić information content (AvgIpc) is 2.62. The summed E-state index contributed by atoms with van der Waals surface area (Å²) >= 11 is 0. The van der Waals surface area contributed by atoms with Crippen LogP contribution < -0.4 is 5.56 Å². The molecule has 90 valence electrons. The van der Waals surface area contributed by atoms with Crippen LogP contribution in [-0.4, -0.2) is 10.5 Å². The molecular weight excluding hydrogens is 226 g/mol. The molecule has 3 nitrogen and oxygen atoms in total. The number of nitrogens with zero attached hydrogens (tertiary/aromatic N) is 1. The minimum atomic E-state index is -0.212. The van der Waals surface area contributed by atoms with Crippen molar-refractivity contribution in [2.45, 2.75) is 20.3 Å². The number of aromatic nitrogens is 1. The zero-order valence-corrected chi connectivity index (χ0v) is 10.4. The summed E-state index contributed by atoms with van der Waals surface area (Å²) < 4.78 is 1.30. The molecule has 0 aliphatic carbocycles. The SMILES string of the molecule is CCC1=C(C)c2cc3ccccc3c(=O)n2C1=O. The minimum absolute atomic E-state index is 0.166. The first-order valence-electron chi connectivity index (χ1n) is 6.04. The monoisotopic (exact) mass is 239 g/mol. The molecule has 0 radical (unpaired) electrons. The van der Waals surface area contributed by atoms with E-state index in [9.17, 15) is 9.59 Å². The van der Waals surface area contributed by atoms with Crippen molar-refractivity contribution < 1.29 is 4.79 Å². The van der Waals surface area contributed by atoms with Crippen LogP contribution in [0.5, 0.6) is 0 Å². The van der Waals surface area contributed by atoms with E-state index in [2.05, 4.69) is 0 Å². The molecule has 0 atom stereocenters. The van der Waals surface area contributed by atoms with E-state index in [4.69, 9.17) is 0 Å². The molecule has 0 bridgehead atoms. The van der Waals surface area contributed by atoms with Gasteiger partial charge in [-0.1, -0.05) is 25.1 Å². The topological polar surface area (TPSA) is 39.1 Å². The lowest BCUT2D eigenvalue weighted by atomic mass is 10.1. The molecule has 0 fully saturated rings. The molecule has 0 amide bonds. The third-order valence-electron chi connectivity index (χ3n) is 3.58.